The van der Waals surface area contributed by atoms with Crippen molar-refractivity contribution in [1.82, 2.24) is 4.72 Å². The van der Waals surface area contributed by atoms with Crippen LogP contribution in [0.3, 0.4) is 0 Å². The van der Waals surface area contributed by atoms with Crippen molar-refractivity contribution in [2.75, 3.05) is 6.54 Å². The Morgan fingerprint density at radius 1 is 1.19 bits per heavy atom. The van der Waals surface area contributed by atoms with Crippen molar-refractivity contribution in [2.45, 2.75) is 23.3 Å². The molecule has 0 saturated heterocycles. The molecule has 0 spiro atoms. The van der Waals surface area contributed by atoms with E-state index >= 15 is 0 Å². The van der Waals surface area contributed by atoms with Crippen LogP contribution in [0.4, 0.5) is 0 Å². The van der Waals surface area contributed by atoms with Crippen molar-refractivity contribution < 1.29 is 13.5 Å². The Balaban J connectivity index is 1.79. The van der Waals surface area contributed by atoms with Gasteiger partial charge in [-0.3, -0.25) is 0 Å². The lowest BCUT2D eigenvalue weighted by molar-refractivity contribution is 0.0222. The highest BCUT2D eigenvalue weighted by molar-refractivity contribution is 7.89. The first-order valence-corrected chi connectivity index (χ1v) is 9.20. The summed E-state index contributed by atoms with van der Waals surface area (Å²) < 4.78 is 27.1. The molecule has 2 N–H and O–H groups in total. The lowest BCUT2D eigenvalue weighted by Crippen LogP contribution is -2.41. The predicted octanol–water partition coefficient (Wildman–Crippen LogP) is 2.32. The first kappa shape index (κ1) is 14.7. The smallest absolute Gasteiger partial charge is 0.240 e. The molecule has 112 valence electrons. The van der Waals surface area contributed by atoms with Crippen LogP contribution in [0.5, 0.6) is 0 Å². The Morgan fingerprint density at radius 2 is 1.90 bits per heavy atom. The molecular formula is C15H17NO3S2. The fourth-order valence-corrected chi connectivity index (χ4v) is 4.40. The molecule has 21 heavy (non-hydrogen) atoms. The van der Waals surface area contributed by atoms with Gasteiger partial charge < -0.3 is 5.11 Å². The van der Waals surface area contributed by atoms with E-state index in [9.17, 15) is 13.5 Å². The highest BCUT2D eigenvalue weighted by Crippen LogP contribution is 2.46. The molecule has 2 aromatic rings. The lowest BCUT2D eigenvalue weighted by Gasteiger charge is -2.27. The maximum Gasteiger partial charge on any atom is 0.240 e. The molecule has 1 aliphatic carbocycles. The molecule has 0 radical (unpaired) electrons. The number of nitrogens with one attached hydrogen (secondary N) is 1. The summed E-state index contributed by atoms with van der Waals surface area (Å²) >= 11 is 1.46. The average Bonchev–Trinajstić information content (AvgIpc) is 3.21. The second kappa shape index (κ2) is 5.53. The van der Waals surface area contributed by atoms with Gasteiger partial charge in [-0.25, -0.2) is 13.1 Å². The maximum absolute atomic E-state index is 12.3. The Hall–Kier alpha value is -1.21. The van der Waals surface area contributed by atoms with Gasteiger partial charge in [-0.05, 0) is 42.3 Å². The minimum Gasteiger partial charge on any atom is -0.383 e. The Morgan fingerprint density at radius 3 is 2.48 bits per heavy atom. The first-order valence-electron chi connectivity index (χ1n) is 6.83. The maximum atomic E-state index is 12.3. The van der Waals surface area contributed by atoms with Gasteiger partial charge in [-0.1, -0.05) is 24.3 Å². The number of sulfonamides is 1. The molecule has 6 heteroatoms. The molecule has 3 rings (SSSR count). The number of aliphatic hydroxyl groups is 1. The topological polar surface area (TPSA) is 66.4 Å². The summed E-state index contributed by atoms with van der Waals surface area (Å²) in [4.78, 5) is 1.04. The third kappa shape index (κ3) is 3.03. The van der Waals surface area contributed by atoms with Crippen molar-refractivity contribution >= 4 is 21.4 Å². The minimum atomic E-state index is -3.60. The van der Waals surface area contributed by atoms with Gasteiger partial charge in [-0.2, -0.15) is 0 Å². The molecule has 0 bridgehead atoms. The third-order valence-corrected chi connectivity index (χ3v) is 6.24. The SMILES string of the molecule is O=S(=O)(NCC(O)(c1cccs1)C1CC1)c1ccccc1. The molecule has 1 heterocycles. The number of benzene rings is 1. The molecule has 4 nitrogen and oxygen atoms in total. The van der Waals surface area contributed by atoms with Crippen LogP contribution in [0.2, 0.25) is 0 Å². The van der Waals surface area contributed by atoms with E-state index in [-0.39, 0.29) is 17.4 Å². The van der Waals surface area contributed by atoms with Gasteiger partial charge in [0.05, 0.1) is 4.90 Å². The molecule has 1 aromatic carbocycles. The molecule has 1 aliphatic rings. The van der Waals surface area contributed by atoms with E-state index in [0.29, 0.717) is 0 Å². The van der Waals surface area contributed by atoms with E-state index in [1.165, 1.54) is 11.3 Å². The summed E-state index contributed by atoms with van der Waals surface area (Å²) in [6, 6.07) is 12.0. The van der Waals surface area contributed by atoms with E-state index in [0.717, 1.165) is 17.7 Å². The molecule has 1 unspecified atom stereocenters. The summed E-state index contributed by atoms with van der Waals surface area (Å²) in [5, 5.41) is 12.8. The summed E-state index contributed by atoms with van der Waals surface area (Å²) in [6.45, 7) is 0.00933. The standard InChI is InChI=1S/C15H17NO3S2/c17-15(12-8-9-12,14-7-4-10-20-14)11-16-21(18,19)13-5-2-1-3-6-13/h1-7,10,12,16-17H,8-9,11H2. The van der Waals surface area contributed by atoms with Crippen LogP contribution in [0, 0.1) is 5.92 Å². The van der Waals surface area contributed by atoms with E-state index in [2.05, 4.69) is 4.72 Å². The Bertz CT molecular complexity index is 694. The molecule has 0 amide bonds. The van der Waals surface area contributed by atoms with Crippen LogP contribution in [-0.4, -0.2) is 20.1 Å². The van der Waals surface area contributed by atoms with Crippen LogP contribution >= 0.6 is 11.3 Å². The summed E-state index contributed by atoms with van der Waals surface area (Å²) in [6.07, 6.45) is 1.86. The largest absolute Gasteiger partial charge is 0.383 e. The van der Waals surface area contributed by atoms with Crippen LogP contribution < -0.4 is 4.72 Å². The first-order chi connectivity index (χ1) is 10.0. The zero-order valence-corrected chi connectivity index (χ0v) is 13.0. The monoisotopic (exact) mass is 323 g/mol. The highest BCUT2D eigenvalue weighted by Gasteiger charge is 2.46. The quantitative estimate of drug-likeness (QED) is 0.857. The molecule has 1 saturated carbocycles. The van der Waals surface area contributed by atoms with Crippen molar-refractivity contribution in [1.29, 1.82) is 0 Å². The summed E-state index contributed by atoms with van der Waals surface area (Å²) in [5.74, 6) is 0.134. The molecule has 1 aromatic heterocycles. The number of thiophene rings is 1. The van der Waals surface area contributed by atoms with Crippen molar-refractivity contribution in [3.05, 3.63) is 52.7 Å². The normalized spacial score (nSPS) is 18.3. The van der Waals surface area contributed by atoms with Gasteiger partial charge in [0.25, 0.3) is 0 Å². The minimum absolute atomic E-state index is 0.00933. The van der Waals surface area contributed by atoms with Gasteiger partial charge in [0.15, 0.2) is 0 Å². The van der Waals surface area contributed by atoms with Gasteiger partial charge >= 0.3 is 0 Å². The van der Waals surface area contributed by atoms with E-state index in [1.54, 1.807) is 30.3 Å². The molecule has 1 atom stereocenters. The number of hydrogen-bond acceptors (Lipinski definition) is 4. The number of hydrogen-bond donors (Lipinski definition) is 2. The predicted molar refractivity (Wildman–Crippen MR) is 82.6 cm³/mol. The van der Waals surface area contributed by atoms with Crippen molar-refractivity contribution in [3.63, 3.8) is 0 Å². The molecule has 0 aliphatic heterocycles. The van der Waals surface area contributed by atoms with Crippen LogP contribution in [-0.2, 0) is 15.6 Å². The lowest BCUT2D eigenvalue weighted by atomic mass is 9.96. The Kier molecular flexibility index (Phi) is 3.88. The zero-order chi connectivity index (χ0) is 14.9. The second-order valence-electron chi connectivity index (χ2n) is 5.31. The third-order valence-electron chi connectivity index (χ3n) is 3.79. The van der Waals surface area contributed by atoms with Crippen LogP contribution in [0.15, 0.2) is 52.7 Å². The highest BCUT2D eigenvalue weighted by atomic mass is 32.2. The number of rotatable bonds is 6. The summed E-state index contributed by atoms with van der Waals surface area (Å²) in [7, 11) is -3.60. The molecular weight excluding hydrogens is 306 g/mol. The van der Waals surface area contributed by atoms with E-state index in [4.69, 9.17) is 0 Å². The summed E-state index contributed by atoms with van der Waals surface area (Å²) in [5.41, 5.74) is -1.10. The second-order valence-corrected chi connectivity index (χ2v) is 8.03. The molecule has 1 fully saturated rings. The van der Waals surface area contributed by atoms with E-state index < -0.39 is 15.6 Å². The van der Waals surface area contributed by atoms with Crippen molar-refractivity contribution in [2.24, 2.45) is 5.92 Å². The fraction of sp³-hybridized carbons (Fsp3) is 0.333. The zero-order valence-electron chi connectivity index (χ0n) is 11.4. The Labute approximate surface area is 128 Å². The van der Waals surface area contributed by atoms with Gasteiger partial charge in [0.1, 0.15) is 5.60 Å². The van der Waals surface area contributed by atoms with Crippen LogP contribution in [0.25, 0.3) is 0 Å². The van der Waals surface area contributed by atoms with Crippen molar-refractivity contribution in [3.8, 4) is 0 Å². The average molecular weight is 323 g/mol. The van der Waals surface area contributed by atoms with Gasteiger partial charge in [0.2, 0.25) is 10.0 Å². The van der Waals surface area contributed by atoms with Gasteiger partial charge in [0, 0.05) is 11.4 Å². The van der Waals surface area contributed by atoms with Gasteiger partial charge in [-0.15, -0.1) is 11.3 Å². The van der Waals surface area contributed by atoms with Crippen LogP contribution in [0.1, 0.15) is 17.7 Å². The fourth-order valence-electron chi connectivity index (χ4n) is 2.41. The van der Waals surface area contributed by atoms with E-state index in [1.807, 2.05) is 17.5 Å².